The Morgan fingerprint density at radius 3 is 2.86 bits per heavy atom. The van der Waals surface area contributed by atoms with Crippen LogP contribution >= 0.6 is 15.9 Å². The topological polar surface area (TPSA) is 104 Å². The number of allylic oxidation sites excluding steroid dienone is 2. The summed E-state index contributed by atoms with van der Waals surface area (Å²) in [6, 6.07) is 6.19. The number of halogens is 3. The third-order valence-corrected chi connectivity index (χ3v) is 8.52. The molecule has 0 radical (unpaired) electrons. The van der Waals surface area contributed by atoms with Gasteiger partial charge in [-0.3, -0.25) is 9.98 Å². The van der Waals surface area contributed by atoms with Crippen molar-refractivity contribution in [1.29, 1.82) is 0 Å². The molecule has 2 aromatic rings. The summed E-state index contributed by atoms with van der Waals surface area (Å²) in [5.41, 5.74) is 1.62. The predicted molar refractivity (Wildman–Crippen MR) is 137 cm³/mol. The van der Waals surface area contributed by atoms with Crippen molar-refractivity contribution in [3.63, 3.8) is 0 Å². The van der Waals surface area contributed by atoms with E-state index in [-0.39, 0.29) is 19.0 Å². The summed E-state index contributed by atoms with van der Waals surface area (Å²) in [4.78, 5) is 8.19. The second kappa shape index (κ2) is 11.0. The van der Waals surface area contributed by atoms with Crippen molar-refractivity contribution >= 4 is 31.8 Å². The Balaban J connectivity index is 1.64. The van der Waals surface area contributed by atoms with Crippen LogP contribution < -0.4 is 11.2 Å². The number of hydrogen-bond acceptors (Lipinski definition) is 6. The van der Waals surface area contributed by atoms with Gasteiger partial charge in [-0.2, -0.15) is 4.31 Å². The maximum Gasteiger partial charge on any atom is 0.246 e. The highest BCUT2D eigenvalue weighted by Crippen LogP contribution is 2.31. The molecule has 4 rings (SSSR count). The molecule has 0 saturated carbocycles. The average molecular weight is 579 g/mol. The highest BCUT2D eigenvalue weighted by atomic mass is 79.9. The van der Waals surface area contributed by atoms with E-state index in [0.29, 0.717) is 41.6 Å². The number of amidine groups is 1. The van der Waals surface area contributed by atoms with Crippen LogP contribution in [0.2, 0.25) is 0 Å². The first-order valence-electron chi connectivity index (χ1n) is 11.1. The molecule has 0 aliphatic carbocycles. The van der Waals surface area contributed by atoms with Gasteiger partial charge in [-0.15, -0.1) is 0 Å². The van der Waals surface area contributed by atoms with E-state index in [2.05, 4.69) is 37.8 Å². The zero-order chi connectivity index (χ0) is 25.9. The number of piperidine rings is 1. The molecule has 0 amide bonds. The van der Waals surface area contributed by atoms with Gasteiger partial charge >= 0.3 is 0 Å². The Bertz CT molecular complexity index is 1350. The van der Waals surface area contributed by atoms with Gasteiger partial charge in [0.15, 0.2) is 0 Å². The van der Waals surface area contributed by atoms with E-state index in [1.165, 1.54) is 9.31 Å². The minimum atomic E-state index is -4.16. The quantitative estimate of drug-likeness (QED) is 0.506. The molecular formula is C24H25BrF2N6O2S. The molecule has 0 spiro atoms. The third kappa shape index (κ3) is 5.56. The lowest BCUT2D eigenvalue weighted by atomic mass is 9.94. The fourth-order valence-corrected chi connectivity index (χ4v) is 5.93. The minimum absolute atomic E-state index is 0.109. The first kappa shape index (κ1) is 26.1. The van der Waals surface area contributed by atoms with Crippen LogP contribution in [0.1, 0.15) is 18.4 Å². The number of rotatable bonds is 6. The van der Waals surface area contributed by atoms with Crippen molar-refractivity contribution < 1.29 is 17.2 Å². The lowest BCUT2D eigenvalue weighted by molar-refractivity contribution is 0.282. The molecule has 2 aliphatic rings. The van der Waals surface area contributed by atoms with Gasteiger partial charge in [0.2, 0.25) is 10.0 Å². The average Bonchev–Trinajstić information content (AvgIpc) is 2.88. The van der Waals surface area contributed by atoms with Crippen molar-refractivity contribution in [2.75, 3.05) is 13.1 Å². The summed E-state index contributed by atoms with van der Waals surface area (Å²) in [7, 11) is -4.16. The number of pyridine rings is 1. The molecule has 1 unspecified atom stereocenters. The molecule has 1 atom stereocenters. The molecule has 0 bridgehead atoms. The molecule has 1 saturated heterocycles. The highest BCUT2D eigenvalue weighted by molar-refractivity contribution is 9.11. The van der Waals surface area contributed by atoms with Crippen LogP contribution in [-0.2, 0) is 16.6 Å². The normalized spacial score (nSPS) is 21.7. The standard InChI is InChI=1S/C24H25BrF2N6O2S/c1-2-19(25)24-31-21(12-23(33(24)28)30-14-16-5-3-9-29-13-16)17-6-4-10-32(15-17)36(34,35)22-8-7-18(26)11-20(22)27/h2-3,5,7-9,11-13,17,31H,1,4,6,10,14-15,28H2/b24-19+,30-23?. The number of hydrogen-bond donors (Lipinski definition) is 2. The van der Waals surface area contributed by atoms with Crippen LogP contribution in [0.4, 0.5) is 8.78 Å². The highest BCUT2D eigenvalue weighted by Gasteiger charge is 2.35. The van der Waals surface area contributed by atoms with Gasteiger partial charge in [0, 0.05) is 49.2 Å². The van der Waals surface area contributed by atoms with E-state index in [1.807, 2.05) is 12.1 Å². The predicted octanol–water partition coefficient (Wildman–Crippen LogP) is 3.77. The molecule has 3 N–H and O–H groups in total. The third-order valence-electron chi connectivity index (χ3n) is 5.92. The van der Waals surface area contributed by atoms with Crippen molar-refractivity contribution in [2.24, 2.45) is 16.8 Å². The van der Waals surface area contributed by atoms with Gasteiger partial charge in [-0.05, 0) is 52.5 Å². The molecule has 8 nitrogen and oxygen atoms in total. The van der Waals surface area contributed by atoms with Crippen molar-refractivity contribution in [3.05, 3.63) is 94.7 Å². The monoisotopic (exact) mass is 578 g/mol. The van der Waals surface area contributed by atoms with E-state index < -0.39 is 26.6 Å². The molecule has 36 heavy (non-hydrogen) atoms. The maximum absolute atomic E-state index is 14.3. The summed E-state index contributed by atoms with van der Waals surface area (Å²) >= 11 is 3.45. The fraction of sp³-hybridized carbons (Fsp3) is 0.250. The van der Waals surface area contributed by atoms with Crippen molar-refractivity contribution in [2.45, 2.75) is 24.3 Å². The summed E-state index contributed by atoms with van der Waals surface area (Å²) in [5, 5.41) is 4.65. The number of sulfonamides is 1. The second-order valence-electron chi connectivity index (χ2n) is 8.31. The minimum Gasteiger partial charge on any atom is -0.343 e. The molecule has 1 aromatic carbocycles. The second-order valence-corrected chi connectivity index (χ2v) is 11.1. The zero-order valence-corrected chi connectivity index (χ0v) is 21.6. The number of nitrogens with one attached hydrogen (secondary N) is 1. The van der Waals surface area contributed by atoms with Gasteiger partial charge in [-0.1, -0.05) is 18.7 Å². The Morgan fingerprint density at radius 2 is 2.17 bits per heavy atom. The SMILES string of the molecule is C=C/C(Br)=C1/NC(C2CCCN(S(=O)(=O)c3ccc(F)cc3F)C2)=CC(=NCc2cccnc2)N1N. The smallest absolute Gasteiger partial charge is 0.246 e. The number of nitrogens with two attached hydrogens (primary N) is 1. The fourth-order valence-electron chi connectivity index (χ4n) is 4.07. The maximum atomic E-state index is 14.3. The summed E-state index contributed by atoms with van der Waals surface area (Å²) in [5.74, 6) is 5.09. The van der Waals surface area contributed by atoms with Gasteiger partial charge in [0.25, 0.3) is 0 Å². The Labute approximate surface area is 217 Å². The van der Waals surface area contributed by atoms with Crippen molar-refractivity contribution in [1.82, 2.24) is 19.6 Å². The van der Waals surface area contributed by atoms with Crippen LogP contribution in [0.25, 0.3) is 0 Å². The van der Waals surface area contributed by atoms with Crippen LogP contribution in [-0.4, -0.2) is 41.6 Å². The molecule has 12 heteroatoms. The number of aromatic nitrogens is 1. The van der Waals surface area contributed by atoms with Crippen molar-refractivity contribution in [3.8, 4) is 0 Å². The Morgan fingerprint density at radius 1 is 1.36 bits per heavy atom. The zero-order valence-electron chi connectivity index (χ0n) is 19.2. The lowest BCUT2D eigenvalue weighted by Crippen LogP contribution is -2.49. The number of hydrazine groups is 1. The van der Waals surface area contributed by atoms with Gasteiger partial charge in [0.05, 0.1) is 11.0 Å². The number of aliphatic imine (C=N–C) groups is 1. The van der Waals surface area contributed by atoms with Crippen LogP contribution in [0, 0.1) is 17.6 Å². The number of benzene rings is 1. The van der Waals surface area contributed by atoms with Crippen LogP contribution in [0.15, 0.2) is 87.3 Å². The molecule has 2 aliphatic heterocycles. The first-order chi connectivity index (χ1) is 17.2. The van der Waals surface area contributed by atoms with E-state index >= 15 is 0 Å². The summed E-state index contributed by atoms with van der Waals surface area (Å²) in [6.07, 6.45) is 8.00. The Kier molecular flexibility index (Phi) is 7.98. The molecular weight excluding hydrogens is 554 g/mol. The van der Waals surface area contributed by atoms with Gasteiger partial charge in [-0.25, -0.2) is 28.1 Å². The summed E-state index contributed by atoms with van der Waals surface area (Å²) < 4.78 is 55.8. The van der Waals surface area contributed by atoms with Crippen LogP contribution in [0.3, 0.4) is 0 Å². The Hall–Kier alpha value is -2.93. The van der Waals surface area contributed by atoms with E-state index in [1.54, 1.807) is 24.5 Å². The van der Waals surface area contributed by atoms with E-state index in [4.69, 9.17) is 5.84 Å². The van der Waals surface area contributed by atoms with Gasteiger partial charge in [0.1, 0.15) is 28.2 Å². The molecule has 1 fully saturated rings. The lowest BCUT2D eigenvalue weighted by Gasteiger charge is -2.37. The molecule has 190 valence electrons. The molecule has 3 heterocycles. The number of nitrogens with zero attached hydrogens (tertiary/aromatic N) is 4. The largest absolute Gasteiger partial charge is 0.343 e. The van der Waals surface area contributed by atoms with E-state index in [0.717, 1.165) is 23.4 Å². The van der Waals surface area contributed by atoms with Crippen LogP contribution in [0.5, 0.6) is 0 Å². The summed E-state index contributed by atoms with van der Waals surface area (Å²) in [6.45, 7) is 4.45. The van der Waals surface area contributed by atoms with E-state index in [9.17, 15) is 17.2 Å². The first-order valence-corrected chi connectivity index (χ1v) is 13.4. The molecule has 1 aromatic heterocycles. The van der Waals surface area contributed by atoms with Gasteiger partial charge < -0.3 is 5.32 Å².